The van der Waals surface area contributed by atoms with E-state index < -0.39 is 0 Å². The van der Waals surface area contributed by atoms with Crippen molar-refractivity contribution < 1.29 is 9.13 Å². The van der Waals surface area contributed by atoms with Crippen LogP contribution in [-0.4, -0.2) is 6.61 Å². The van der Waals surface area contributed by atoms with E-state index >= 15 is 0 Å². The number of unbranched alkanes of at least 4 members (excludes halogenated alkanes) is 1. The van der Waals surface area contributed by atoms with Crippen molar-refractivity contribution in [2.24, 2.45) is 5.92 Å². The van der Waals surface area contributed by atoms with E-state index in [0.29, 0.717) is 5.92 Å². The zero-order chi connectivity index (χ0) is 11.4. The molecule has 2 heteroatoms. The lowest BCUT2D eigenvalue weighted by Crippen LogP contribution is -1.98. The molecule has 1 fully saturated rings. The van der Waals surface area contributed by atoms with Gasteiger partial charge < -0.3 is 4.74 Å². The molecule has 0 radical (unpaired) electrons. The highest BCUT2D eigenvalue weighted by atomic mass is 19.1. The summed E-state index contributed by atoms with van der Waals surface area (Å²) in [6, 6.07) is 6.69. The normalized spacial score (nSPS) is 24.9. The number of hydrogen-bond acceptors (Lipinski definition) is 1. The van der Waals surface area contributed by atoms with Gasteiger partial charge in [-0.3, -0.25) is 0 Å². The fourth-order valence-electron chi connectivity index (χ4n) is 2.29. The van der Waals surface area contributed by atoms with Gasteiger partial charge >= 0.3 is 0 Å². The van der Waals surface area contributed by atoms with Crippen LogP contribution in [0, 0.1) is 11.7 Å². The van der Waals surface area contributed by atoms with E-state index in [0.717, 1.165) is 18.6 Å². The minimum Gasteiger partial charge on any atom is -0.373 e. The first-order valence-corrected chi connectivity index (χ1v) is 6.16. The number of halogens is 1. The Morgan fingerprint density at radius 2 is 2.06 bits per heavy atom. The van der Waals surface area contributed by atoms with E-state index in [-0.39, 0.29) is 11.9 Å². The van der Waals surface area contributed by atoms with Crippen LogP contribution in [0.1, 0.15) is 44.3 Å². The highest BCUT2D eigenvalue weighted by Gasteiger charge is 2.25. The molecule has 0 spiro atoms. The summed E-state index contributed by atoms with van der Waals surface area (Å²) in [6.07, 6.45) is 5.06. The second-order valence-electron chi connectivity index (χ2n) is 4.62. The third-order valence-corrected chi connectivity index (χ3v) is 3.29. The molecule has 0 bridgehead atoms. The summed E-state index contributed by atoms with van der Waals surface area (Å²) in [5.41, 5.74) is 1.11. The van der Waals surface area contributed by atoms with Crippen LogP contribution in [0.2, 0.25) is 0 Å². The molecule has 0 amide bonds. The number of rotatable bonds is 4. The van der Waals surface area contributed by atoms with Gasteiger partial charge in [-0.15, -0.1) is 0 Å². The molecule has 1 aromatic rings. The van der Waals surface area contributed by atoms with Gasteiger partial charge in [-0.05, 0) is 36.5 Å². The highest BCUT2D eigenvalue weighted by molar-refractivity contribution is 5.19. The van der Waals surface area contributed by atoms with Crippen molar-refractivity contribution in [1.29, 1.82) is 0 Å². The maximum Gasteiger partial charge on any atom is 0.123 e. The molecular formula is C14H19FO. The molecule has 1 nitrogen and oxygen atoms in total. The fraction of sp³-hybridized carbons (Fsp3) is 0.571. The molecule has 88 valence electrons. The Labute approximate surface area is 96.6 Å². The molecule has 0 aliphatic carbocycles. The first-order chi connectivity index (χ1) is 7.79. The summed E-state index contributed by atoms with van der Waals surface area (Å²) in [6.45, 7) is 3.08. The van der Waals surface area contributed by atoms with E-state index in [9.17, 15) is 4.39 Å². The first kappa shape index (κ1) is 11.6. The molecule has 16 heavy (non-hydrogen) atoms. The summed E-state index contributed by atoms with van der Waals surface area (Å²) in [7, 11) is 0. The molecule has 0 saturated carbocycles. The molecule has 1 saturated heterocycles. The molecule has 1 aliphatic rings. The predicted octanol–water partition coefficient (Wildman–Crippen LogP) is 4.09. The van der Waals surface area contributed by atoms with Crippen LogP contribution in [0.4, 0.5) is 4.39 Å². The zero-order valence-corrected chi connectivity index (χ0v) is 9.79. The molecule has 1 aliphatic heterocycles. The van der Waals surface area contributed by atoms with Gasteiger partial charge in [0.15, 0.2) is 0 Å². The van der Waals surface area contributed by atoms with Crippen LogP contribution in [0.5, 0.6) is 0 Å². The summed E-state index contributed by atoms with van der Waals surface area (Å²) in [4.78, 5) is 0. The molecule has 1 aromatic carbocycles. The van der Waals surface area contributed by atoms with Crippen molar-refractivity contribution >= 4 is 0 Å². The average Bonchev–Trinajstić information content (AvgIpc) is 2.76. The number of benzene rings is 1. The number of ether oxygens (including phenoxy) is 1. The molecule has 0 aromatic heterocycles. The Kier molecular flexibility index (Phi) is 3.94. The Balaban J connectivity index is 1.90. The Bertz CT molecular complexity index is 320. The van der Waals surface area contributed by atoms with E-state index in [1.165, 1.54) is 31.4 Å². The second-order valence-corrected chi connectivity index (χ2v) is 4.62. The minimum absolute atomic E-state index is 0.177. The quantitative estimate of drug-likeness (QED) is 0.745. The summed E-state index contributed by atoms with van der Waals surface area (Å²) >= 11 is 0. The Morgan fingerprint density at radius 3 is 2.75 bits per heavy atom. The van der Waals surface area contributed by atoms with E-state index in [2.05, 4.69) is 6.92 Å². The summed E-state index contributed by atoms with van der Waals surface area (Å²) in [5, 5.41) is 0. The third-order valence-electron chi connectivity index (χ3n) is 3.29. The molecule has 1 heterocycles. The van der Waals surface area contributed by atoms with Crippen molar-refractivity contribution in [1.82, 2.24) is 0 Å². The summed E-state index contributed by atoms with van der Waals surface area (Å²) < 4.78 is 18.5. The lowest BCUT2D eigenvalue weighted by Gasteiger charge is -2.09. The Morgan fingerprint density at radius 1 is 1.31 bits per heavy atom. The first-order valence-electron chi connectivity index (χ1n) is 6.16. The van der Waals surface area contributed by atoms with Gasteiger partial charge in [0.2, 0.25) is 0 Å². The number of hydrogen-bond donors (Lipinski definition) is 0. The van der Waals surface area contributed by atoms with Crippen molar-refractivity contribution in [3.8, 4) is 0 Å². The smallest absolute Gasteiger partial charge is 0.123 e. The van der Waals surface area contributed by atoms with Crippen LogP contribution in [0.15, 0.2) is 24.3 Å². The lowest BCUT2D eigenvalue weighted by atomic mass is 9.96. The molecule has 2 rings (SSSR count). The lowest BCUT2D eigenvalue weighted by molar-refractivity contribution is 0.106. The van der Waals surface area contributed by atoms with Crippen molar-refractivity contribution in [2.75, 3.05) is 6.61 Å². The Hall–Kier alpha value is -0.890. The molecular weight excluding hydrogens is 203 g/mol. The van der Waals surface area contributed by atoms with Gasteiger partial charge in [-0.1, -0.05) is 31.9 Å². The van der Waals surface area contributed by atoms with Gasteiger partial charge in [-0.2, -0.15) is 0 Å². The maximum absolute atomic E-state index is 12.8. The van der Waals surface area contributed by atoms with Crippen LogP contribution in [0.25, 0.3) is 0 Å². The van der Waals surface area contributed by atoms with Crippen molar-refractivity contribution in [3.05, 3.63) is 35.6 Å². The molecule has 0 unspecified atom stereocenters. The monoisotopic (exact) mass is 222 g/mol. The van der Waals surface area contributed by atoms with Gasteiger partial charge in [0.1, 0.15) is 5.82 Å². The third kappa shape index (κ3) is 2.82. The van der Waals surface area contributed by atoms with Crippen molar-refractivity contribution in [3.63, 3.8) is 0 Å². The van der Waals surface area contributed by atoms with Gasteiger partial charge in [0.05, 0.1) is 12.7 Å². The van der Waals surface area contributed by atoms with Gasteiger partial charge in [-0.25, -0.2) is 4.39 Å². The van der Waals surface area contributed by atoms with Crippen LogP contribution >= 0.6 is 0 Å². The van der Waals surface area contributed by atoms with Crippen LogP contribution in [0.3, 0.4) is 0 Å². The van der Waals surface area contributed by atoms with Gasteiger partial charge in [0.25, 0.3) is 0 Å². The SMILES string of the molecule is CCCC[C@@H]1CO[C@@H](c2ccc(F)cc2)C1. The standard InChI is InChI=1S/C14H19FO/c1-2-3-4-11-9-14(16-10-11)12-5-7-13(15)8-6-12/h5-8,11,14H,2-4,9-10H2,1H3/t11-,14+/m0/s1. The van der Waals surface area contributed by atoms with Gasteiger partial charge in [0, 0.05) is 0 Å². The maximum atomic E-state index is 12.8. The van der Waals surface area contributed by atoms with E-state index in [1.807, 2.05) is 12.1 Å². The second kappa shape index (κ2) is 5.44. The molecule has 0 N–H and O–H groups in total. The average molecular weight is 222 g/mol. The predicted molar refractivity (Wildman–Crippen MR) is 62.7 cm³/mol. The van der Waals surface area contributed by atoms with E-state index in [4.69, 9.17) is 4.74 Å². The van der Waals surface area contributed by atoms with E-state index in [1.54, 1.807) is 0 Å². The zero-order valence-electron chi connectivity index (χ0n) is 9.79. The fourth-order valence-corrected chi connectivity index (χ4v) is 2.29. The van der Waals surface area contributed by atoms with Crippen molar-refractivity contribution in [2.45, 2.75) is 38.7 Å². The van der Waals surface area contributed by atoms with Crippen LogP contribution < -0.4 is 0 Å². The molecule has 2 atom stereocenters. The van der Waals surface area contributed by atoms with Crippen LogP contribution in [-0.2, 0) is 4.74 Å². The minimum atomic E-state index is -0.177. The largest absolute Gasteiger partial charge is 0.373 e. The summed E-state index contributed by atoms with van der Waals surface area (Å²) in [5.74, 6) is 0.513. The highest BCUT2D eigenvalue weighted by Crippen LogP contribution is 2.34. The topological polar surface area (TPSA) is 9.23 Å².